The molecule has 0 aliphatic carbocycles. The molecule has 0 fully saturated rings. The molecule has 6 nitrogen and oxygen atoms in total. The first kappa shape index (κ1) is 7.17. The van der Waals surface area contributed by atoms with Crippen molar-refractivity contribution in [2.24, 2.45) is 0 Å². The Morgan fingerprint density at radius 3 is 2.83 bits per heavy atom. The number of nitrogens with zero attached hydrogens (tertiary/aromatic N) is 2. The van der Waals surface area contributed by atoms with Gasteiger partial charge in [0.1, 0.15) is 11.2 Å². The normalized spacial score (nSPS) is 18.5. The van der Waals surface area contributed by atoms with E-state index in [1.807, 2.05) is 0 Å². The molecule has 1 N–H and O–H groups in total. The third kappa shape index (κ3) is 0.797. The topological polar surface area (TPSA) is 89.0 Å². The van der Waals surface area contributed by atoms with Gasteiger partial charge in [0.25, 0.3) is 15.9 Å². The van der Waals surface area contributed by atoms with E-state index >= 15 is 0 Å². The summed E-state index contributed by atoms with van der Waals surface area (Å²) in [5, 5.41) is 0. The fourth-order valence-electron chi connectivity index (χ4n) is 0.909. The number of amides is 1. The van der Waals surface area contributed by atoms with Crippen molar-refractivity contribution in [1.82, 2.24) is 14.7 Å². The molecule has 1 aliphatic heterocycles. The summed E-state index contributed by atoms with van der Waals surface area (Å²) in [4.78, 5) is 17.8. The van der Waals surface area contributed by atoms with Crippen LogP contribution in [0.4, 0.5) is 0 Å². The Labute approximate surface area is 67.7 Å². The van der Waals surface area contributed by atoms with E-state index in [2.05, 4.69) is 9.97 Å². The molecule has 7 heteroatoms. The van der Waals surface area contributed by atoms with Crippen molar-refractivity contribution in [3.8, 4) is 0 Å². The molecule has 0 unspecified atom stereocenters. The van der Waals surface area contributed by atoms with Crippen molar-refractivity contribution in [1.29, 1.82) is 0 Å². The summed E-state index contributed by atoms with van der Waals surface area (Å²) in [5.74, 6) is -0.701. The fourth-order valence-corrected chi connectivity index (χ4v) is 1.96. The zero-order valence-electron chi connectivity index (χ0n) is 5.68. The average Bonchev–Trinajstić information content (AvgIpc) is 2.25. The third-order valence-electron chi connectivity index (χ3n) is 1.41. The van der Waals surface area contributed by atoms with Crippen LogP contribution in [0.25, 0.3) is 0 Å². The lowest BCUT2D eigenvalue weighted by Crippen LogP contribution is -2.20. The molecule has 2 rings (SSSR count). The molecule has 2 heterocycles. The standard InChI is InChI=1S/C5H3N3O3S/c9-5-4-3(1-6-2-7-4)12(10,11)8-5/h1-2H,(H,8,9). The van der Waals surface area contributed by atoms with Crippen molar-refractivity contribution in [2.45, 2.75) is 4.90 Å². The van der Waals surface area contributed by atoms with Gasteiger partial charge >= 0.3 is 0 Å². The quantitative estimate of drug-likeness (QED) is 0.554. The minimum absolute atomic E-state index is 0.0926. The van der Waals surface area contributed by atoms with Gasteiger partial charge in [0, 0.05) is 0 Å². The SMILES string of the molecule is O=C1NS(=O)(=O)c2cncnc21. The number of rotatable bonds is 0. The first-order valence-electron chi connectivity index (χ1n) is 2.98. The zero-order chi connectivity index (χ0) is 8.77. The zero-order valence-corrected chi connectivity index (χ0v) is 6.50. The summed E-state index contributed by atoms with van der Waals surface area (Å²) in [6.07, 6.45) is 2.22. The summed E-state index contributed by atoms with van der Waals surface area (Å²) in [5.41, 5.74) is -0.0926. The van der Waals surface area contributed by atoms with Crippen LogP contribution in [0.1, 0.15) is 10.5 Å². The number of nitrogens with one attached hydrogen (secondary N) is 1. The summed E-state index contributed by atoms with van der Waals surface area (Å²) >= 11 is 0. The molecule has 12 heavy (non-hydrogen) atoms. The Morgan fingerprint density at radius 2 is 2.17 bits per heavy atom. The van der Waals surface area contributed by atoms with Gasteiger partial charge in [-0.15, -0.1) is 0 Å². The lowest BCUT2D eigenvalue weighted by Gasteiger charge is -1.90. The smallest absolute Gasteiger partial charge is 0.266 e. The first-order valence-corrected chi connectivity index (χ1v) is 4.47. The fraction of sp³-hybridized carbons (Fsp3) is 0. The highest BCUT2D eigenvalue weighted by molar-refractivity contribution is 7.90. The van der Waals surface area contributed by atoms with E-state index in [0.717, 1.165) is 12.5 Å². The molecule has 0 bridgehead atoms. The van der Waals surface area contributed by atoms with E-state index in [1.54, 1.807) is 4.72 Å². The lowest BCUT2D eigenvalue weighted by molar-refractivity contribution is 0.0980. The van der Waals surface area contributed by atoms with Crippen LogP contribution in [0.15, 0.2) is 17.4 Å². The van der Waals surface area contributed by atoms with Crippen LogP contribution in [-0.2, 0) is 10.0 Å². The Hall–Kier alpha value is -1.50. The maximum absolute atomic E-state index is 11.1. The van der Waals surface area contributed by atoms with Crippen molar-refractivity contribution in [2.75, 3.05) is 0 Å². The molecule has 1 aliphatic rings. The maximum Gasteiger partial charge on any atom is 0.285 e. The molecule has 1 aromatic rings. The second-order valence-electron chi connectivity index (χ2n) is 2.17. The van der Waals surface area contributed by atoms with Crippen LogP contribution >= 0.6 is 0 Å². The second kappa shape index (κ2) is 2.01. The van der Waals surface area contributed by atoms with E-state index in [9.17, 15) is 13.2 Å². The van der Waals surface area contributed by atoms with Crippen molar-refractivity contribution < 1.29 is 13.2 Å². The third-order valence-corrected chi connectivity index (χ3v) is 2.74. The van der Waals surface area contributed by atoms with Crippen molar-refractivity contribution in [3.63, 3.8) is 0 Å². The van der Waals surface area contributed by atoms with E-state index < -0.39 is 15.9 Å². The number of carbonyl (C=O) groups is 1. The van der Waals surface area contributed by atoms with Gasteiger partial charge in [0.2, 0.25) is 0 Å². The minimum Gasteiger partial charge on any atom is -0.266 e. The van der Waals surface area contributed by atoms with Gasteiger partial charge in [0.15, 0.2) is 5.69 Å². The van der Waals surface area contributed by atoms with Crippen LogP contribution in [0.5, 0.6) is 0 Å². The molecule has 0 saturated heterocycles. The van der Waals surface area contributed by atoms with E-state index in [1.165, 1.54) is 0 Å². The number of hydrogen-bond acceptors (Lipinski definition) is 5. The van der Waals surface area contributed by atoms with Crippen molar-refractivity contribution in [3.05, 3.63) is 18.2 Å². The first-order chi connectivity index (χ1) is 5.61. The molecule has 0 saturated carbocycles. The highest BCUT2D eigenvalue weighted by atomic mass is 32.2. The average molecular weight is 185 g/mol. The van der Waals surface area contributed by atoms with Crippen molar-refractivity contribution >= 4 is 15.9 Å². The summed E-state index contributed by atoms with van der Waals surface area (Å²) in [7, 11) is -3.68. The van der Waals surface area contributed by atoms with Gasteiger partial charge in [-0.3, -0.25) is 4.79 Å². The Morgan fingerprint density at radius 1 is 1.42 bits per heavy atom. The largest absolute Gasteiger partial charge is 0.285 e. The second-order valence-corrected chi connectivity index (χ2v) is 3.82. The van der Waals surface area contributed by atoms with Gasteiger partial charge < -0.3 is 0 Å². The monoisotopic (exact) mass is 185 g/mol. The molecule has 0 aromatic carbocycles. The number of fused-ring (bicyclic) bond motifs is 1. The number of hydrogen-bond donors (Lipinski definition) is 1. The molecule has 62 valence electrons. The predicted octanol–water partition coefficient (Wildman–Crippen LogP) is -1.09. The van der Waals surface area contributed by atoms with Crippen LogP contribution in [0.2, 0.25) is 0 Å². The highest BCUT2D eigenvalue weighted by Crippen LogP contribution is 2.17. The van der Waals surface area contributed by atoms with E-state index in [-0.39, 0.29) is 10.6 Å². The molecule has 1 aromatic heterocycles. The number of carbonyl (C=O) groups excluding carboxylic acids is 1. The maximum atomic E-state index is 11.1. The van der Waals surface area contributed by atoms with Gasteiger partial charge in [-0.25, -0.2) is 23.1 Å². The molecule has 0 spiro atoms. The Balaban J connectivity index is 2.83. The van der Waals surface area contributed by atoms with E-state index in [4.69, 9.17) is 0 Å². The Kier molecular flexibility index (Phi) is 1.20. The minimum atomic E-state index is -3.68. The summed E-state index contributed by atoms with van der Waals surface area (Å²) in [6.45, 7) is 0. The lowest BCUT2D eigenvalue weighted by atomic mass is 10.4. The molecule has 0 radical (unpaired) electrons. The predicted molar refractivity (Wildman–Crippen MR) is 36.7 cm³/mol. The number of sulfonamides is 1. The molecule has 0 atom stereocenters. The summed E-state index contributed by atoms with van der Waals surface area (Å²) in [6, 6.07) is 0. The van der Waals surface area contributed by atoms with Gasteiger partial charge in [-0.1, -0.05) is 0 Å². The summed E-state index contributed by atoms with van der Waals surface area (Å²) < 4.78 is 23.9. The van der Waals surface area contributed by atoms with Crippen LogP contribution in [0.3, 0.4) is 0 Å². The highest BCUT2D eigenvalue weighted by Gasteiger charge is 2.33. The van der Waals surface area contributed by atoms with Crippen LogP contribution < -0.4 is 4.72 Å². The van der Waals surface area contributed by atoms with Crippen LogP contribution in [-0.4, -0.2) is 24.3 Å². The van der Waals surface area contributed by atoms with Crippen LogP contribution in [0, 0.1) is 0 Å². The Bertz CT molecular complexity index is 453. The van der Waals surface area contributed by atoms with Gasteiger partial charge in [-0.2, -0.15) is 0 Å². The number of aromatic nitrogens is 2. The molecule has 1 amide bonds. The van der Waals surface area contributed by atoms with Gasteiger partial charge in [-0.05, 0) is 0 Å². The van der Waals surface area contributed by atoms with Gasteiger partial charge in [0.05, 0.1) is 6.20 Å². The molecular formula is C5H3N3O3S. The molecular weight excluding hydrogens is 182 g/mol. The van der Waals surface area contributed by atoms with E-state index in [0.29, 0.717) is 0 Å².